The fourth-order valence-corrected chi connectivity index (χ4v) is 3.31. The molecule has 0 bridgehead atoms. The molecule has 2 aromatic rings. The highest BCUT2D eigenvalue weighted by molar-refractivity contribution is 9.10. The Hall–Kier alpha value is -1.99. The summed E-state index contributed by atoms with van der Waals surface area (Å²) >= 11 is 4.79. The summed E-state index contributed by atoms with van der Waals surface area (Å²) in [6.45, 7) is 2.38. The molecular weight excluding hydrogens is 418 g/mol. The van der Waals surface area contributed by atoms with Gasteiger partial charge in [-0.25, -0.2) is 0 Å². The molecule has 0 unspecified atom stereocenters. The molecule has 5 nitrogen and oxygen atoms in total. The summed E-state index contributed by atoms with van der Waals surface area (Å²) in [5, 5.41) is 2.64. The van der Waals surface area contributed by atoms with Crippen molar-refractivity contribution in [3.05, 3.63) is 58.6 Å². The molecule has 26 heavy (non-hydrogen) atoms. The van der Waals surface area contributed by atoms with Gasteiger partial charge in [-0.05, 0) is 42.8 Å². The topological polar surface area (TPSA) is 64.6 Å². The normalized spacial score (nSPS) is 10.2. The van der Waals surface area contributed by atoms with E-state index in [9.17, 15) is 9.59 Å². The van der Waals surface area contributed by atoms with Crippen molar-refractivity contribution < 1.29 is 19.1 Å². The summed E-state index contributed by atoms with van der Waals surface area (Å²) in [6, 6.07) is 15.2. The molecule has 0 aromatic heterocycles. The third-order valence-corrected chi connectivity index (χ3v) is 4.93. The minimum Gasteiger partial charge on any atom is -0.492 e. The highest BCUT2D eigenvalue weighted by Gasteiger charge is 2.09. The van der Waals surface area contributed by atoms with Crippen molar-refractivity contribution in [1.29, 1.82) is 0 Å². The number of carbonyl (C=O) groups is 2. The maximum atomic E-state index is 11.8. The van der Waals surface area contributed by atoms with E-state index in [1.54, 1.807) is 0 Å². The van der Waals surface area contributed by atoms with Gasteiger partial charge in [0.05, 0.1) is 12.3 Å². The molecule has 0 saturated heterocycles. The number of esters is 1. The number of rotatable bonds is 9. The van der Waals surface area contributed by atoms with Crippen molar-refractivity contribution in [3.8, 4) is 5.75 Å². The minimum absolute atomic E-state index is 0.160. The Labute approximate surface area is 165 Å². The van der Waals surface area contributed by atoms with E-state index < -0.39 is 5.97 Å². The van der Waals surface area contributed by atoms with Gasteiger partial charge in [0.2, 0.25) is 0 Å². The molecule has 1 amide bonds. The number of halogens is 1. The third-order valence-electron chi connectivity index (χ3n) is 3.28. The standard InChI is InChI=1S/C19H20BrNO4S/c1-14-11-15(20)7-8-17(14)26-13-19(23)25-12-18(22)21-9-10-24-16-5-3-2-4-6-16/h2-8,11H,9-10,12-13H2,1H3,(H,21,22). The molecule has 0 saturated carbocycles. The number of nitrogens with one attached hydrogen (secondary N) is 1. The maximum absolute atomic E-state index is 11.8. The summed E-state index contributed by atoms with van der Waals surface area (Å²) in [6.07, 6.45) is 0. The van der Waals surface area contributed by atoms with Crippen LogP contribution in [0, 0.1) is 6.92 Å². The molecule has 0 radical (unpaired) electrons. The Kier molecular flexibility index (Phi) is 8.50. The number of hydrogen-bond donors (Lipinski definition) is 1. The number of para-hydroxylation sites is 1. The second-order valence-corrected chi connectivity index (χ2v) is 7.30. The fraction of sp³-hybridized carbons (Fsp3) is 0.263. The highest BCUT2D eigenvalue weighted by Crippen LogP contribution is 2.25. The third kappa shape index (κ3) is 7.49. The van der Waals surface area contributed by atoms with Crippen molar-refractivity contribution in [3.63, 3.8) is 0 Å². The number of hydrogen-bond acceptors (Lipinski definition) is 5. The summed E-state index contributed by atoms with van der Waals surface area (Å²) in [5.41, 5.74) is 1.08. The van der Waals surface area contributed by atoms with E-state index in [1.807, 2.05) is 55.5 Å². The molecule has 0 fully saturated rings. The van der Waals surface area contributed by atoms with Crippen LogP contribution in [0.15, 0.2) is 57.9 Å². The quantitative estimate of drug-likeness (QED) is 0.368. The number of aryl methyl sites for hydroxylation is 1. The summed E-state index contributed by atoms with van der Waals surface area (Å²) < 4.78 is 11.4. The van der Waals surface area contributed by atoms with E-state index in [-0.39, 0.29) is 18.3 Å². The monoisotopic (exact) mass is 437 g/mol. The molecule has 7 heteroatoms. The average molecular weight is 438 g/mol. The van der Waals surface area contributed by atoms with Crippen molar-refractivity contribution >= 4 is 39.6 Å². The molecule has 1 N–H and O–H groups in total. The molecule has 0 spiro atoms. The number of ether oxygens (including phenoxy) is 2. The second kappa shape index (κ2) is 10.9. The van der Waals surface area contributed by atoms with Gasteiger partial charge in [0.1, 0.15) is 12.4 Å². The van der Waals surface area contributed by atoms with Crippen LogP contribution < -0.4 is 10.1 Å². The molecule has 0 aliphatic carbocycles. The van der Waals surface area contributed by atoms with Gasteiger partial charge in [-0.3, -0.25) is 9.59 Å². The van der Waals surface area contributed by atoms with Crippen molar-refractivity contribution in [2.75, 3.05) is 25.5 Å². The van der Waals surface area contributed by atoms with E-state index in [0.29, 0.717) is 13.2 Å². The predicted molar refractivity (Wildman–Crippen MR) is 106 cm³/mol. The van der Waals surface area contributed by atoms with E-state index in [2.05, 4.69) is 21.2 Å². The lowest BCUT2D eigenvalue weighted by Crippen LogP contribution is -2.32. The van der Waals surface area contributed by atoms with Gasteiger partial charge in [0, 0.05) is 9.37 Å². The molecule has 2 aromatic carbocycles. The maximum Gasteiger partial charge on any atom is 0.316 e. The van der Waals surface area contributed by atoms with Crippen molar-refractivity contribution in [2.24, 2.45) is 0 Å². The first-order chi connectivity index (χ1) is 12.5. The molecule has 2 rings (SSSR count). The van der Waals surface area contributed by atoms with E-state index in [4.69, 9.17) is 9.47 Å². The highest BCUT2D eigenvalue weighted by atomic mass is 79.9. The largest absolute Gasteiger partial charge is 0.492 e. The Bertz CT molecular complexity index is 740. The summed E-state index contributed by atoms with van der Waals surface area (Å²) in [7, 11) is 0. The minimum atomic E-state index is -0.423. The molecule has 138 valence electrons. The SMILES string of the molecule is Cc1cc(Br)ccc1SCC(=O)OCC(=O)NCCOc1ccccc1. The van der Waals surface area contributed by atoms with Gasteiger partial charge in [-0.1, -0.05) is 34.1 Å². The lowest BCUT2D eigenvalue weighted by Gasteiger charge is -2.09. The van der Waals surface area contributed by atoms with Gasteiger partial charge in [0.25, 0.3) is 5.91 Å². The van der Waals surface area contributed by atoms with Crippen LogP contribution in [0.4, 0.5) is 0 Å². The van der Waals surface area contributed by atoms with Crippen LogP contribution in [0.5, 0.6) is 5.75 Å². The Morgan fingerprint density at radius 2 is 1.92 bits per heavy atom. The zero-order valence-corrected chi connectivity index (χ0v) is 16.8. The predicted octanol–water partition coefficient (Wildman–Crippen LogP) is 3.59. The van der Waals surface area contributed by atoms with Gasteiger partial charge >= 0.3 is 5.97 Å². The zero-order chi connectivity index (χ0) is 18.8. The zero-order valence-electron chi connectivity index (χ0n) is 14.4. The molecule has 0 aliphatic heterocycles. The van der Waals surface area contributed by atoms with Gasteiger partial charge in [-0.2, -0.15) is 0 Å². The Morgan fingerprint density at radius 3 is 2.65 bits per heavy atom. The van der Waals surface area contributed by atoms with Crippen LogP contribution in [0.3, 0.4) is 0 Å². The first kappa shape index (κ1) is 20.3. The summed E-state index contributed by atoms with van der Waals surface area (Å²) in [5.74, 6) is 0.133. The van der Waals surface area contributed by atoms with Crippen LogP contribution in [0.2, 0.25) is 0 Å². The summed E-state index contributed by atoms with van der Waals surface area (Å²) in [4.78, 5) is 24.4. The number of amides is 1. The first-order valence-electron chi connectivity index (χ1n) is 8.04. The van der Waals surface area contributed by atoms with Crippen LogP contribution in [0.25, 0.3) is 0 Å². The number of thioether (sulfide) groups is 1. The van der Waals surface area contributed by atoms with Gasteiger partial charge in [-0.15, -0.1) is 11.8 Å². The van der Waals surface area contributed by atoms with Crippen LogP contribution in [0.1, 0.15) is 5.56 Å². The molecule has 0 heterocycles. The van der Waals surface area contributed by atoms with Crippen LogP contribution in [-0.2, 0) is 14.3 Å². The van der Waals surface area contributed by atoms with E-state index >= 15 is 0 Å². The number of benzene rings is 2. The van der Waals surface area contributed by atoms with Crippen molar-refractivity contribution in [1.82, 2.24) is 5.32 Å². The lowest BCUT2D eigenvalue weighted by molar-refractivity contribution is -0.145. The Morgan fingerprint density at radius 1 is 1.15 bits per heavy atom. The lowest BCUT2D eigenvalue weighted by atomic mass is 10.2. The molecular formula is C19H20BrNO4S. The van der Waals surface area contributed by atoms with Crippen molar-refractivity contribution in [2.45, 2.75) is 11.8 Å². The molecule has 0 aliphatic rings. The fourth-order valence-electron chi connectivity index (χ4n) is 2.03. The van der Waals surface area contributed by atoms with Crippen LogP contribution >= 0.6 is 27.7 Å². The van der Waals surface area contributed by atoms with Gasteiger partial charge in [0.15, 0.2) is 6.61 Å². The second-order valence-electron chi connectivity index (χ2n) is 5.37. The Balaban J connectivity index is 1.58. The van der Waals surface area contributed by atoms with E-state index in [1.165, 1.54) is 11.8 Å². The van der Waals surface area contributed by atoms with Gasteiger partial charge < -0.3 is 14.8 Å². The molecule has 0 atom stereocenters. The number of carbonyl (C=O) groups excluding carboxylic acids is 2. The first-order valence-corrected chi connectivity index (χ1v) is 9.81. The van der Waals surface area contributed by atoms with Crippen LogP contribution in [-0.4, -0.2) is 37.4 Å². The smallest absolute Gasteiger partial charge is 0.316 e. The average Bonchev–Trinajstić information content (AvgIpc) is 2.63. The van der Waals surface area contributed by atoms with E-state index in [0.717, 1.165) is 20.7 Å².